The van der Waals surface area contributed by atoms with Crippen molar-refractivity contribution in [2.24, 2.45) is 0 Å². The Bertz CT molecular complexity index is 959. The van der Waals surface area contributed by atoms with E-state index in [-0.39, 0.29) is 17.2 Å². The van der Waals surface area contributed by atoms with Gasteiger partial charge in [-0.2, -0.15) is 0 Å². The zero-order valence-electron chi connectivity index (χ0n) is 13.3. The van der Waals surface area contributed by atoms with Crippen LogP contribution in [0.2, 0.25) is 0 Å². The molecule has 1 amide bonds. The van der Waals surface area contributed by atoms with Gasteiger partial charge in [-0.3, -0.25) is 14.9 Å². The van der Waals surface area contributed by atoms with E-state index in [2.05, 4.69) is 25.5 Å². The molecule has 24 heavy (non-hydrogen) atoms. The molecule has 0 bridgehead atoms. The second kappa shape index (κ2) is 6.99. The van der Waals surface area contributed by atoms with Gasteiger partial charge < -0.3 is 4.98 Å². The monoisotopic (exact) mass is 381 g/mol. The number of amides is 1. The molecule has 0 saturated heterocycles. The first-order chi connectivity index (χ1) is 11.4. The standard InChI is InChI=1S/C14H15N5O2S3/c1-6-7(2)23-13-11(6)12(21)15-9(16-13)4-22-5-10(20)17-14-19-18-8(3)24-14/h4-5H2,1-3H3,(H,15,16,21)(H,17,19,20). The van der Waals surface area contributed by atoms with Crippen molar-refractivity contribution in [2.45, 2.75) is 26.5 Å². The summed E-state index contributed by atoms with van der Waals surface area (Å²) in [7, 11) is 0. The van der Waals surface area contributed by atoms with E-state index >= 15 is 0 Å². The number of hydrogen-bond acceptors (Lipinski definition) is 8. The van der Waals surface area contributed by atoms with Crippen LogP contribution in [0.4, 0.5) is 5.13 Å². The van der Waals surface area contributed by atoms with Crippen LogP contribution in [0.5, 0.6) is 0 Å². The Morgan fingerprint density at radius 2 is 2.04 bits per heavy atom. The molecule has 0 unspecified atom stereocenters. The van der Waals surface area contributed by atoms with Crippen molar-refractivity contribution >= 4 is 55.7 Å². The average Bonchev–Trinajstić information content (AvgIpc) is 3.03. The molecule has 0 atom stereocenters. The third-order valence-electron chi connectivity index (χ3n) is 3.33. The summed E-state index contributed by atoms with van der Waals surface area (Å²) in [6, 6.07) is 0. The zero-order valence-corrected chi connectivity index (χ0v) is 15.7. The molecule has 3 aromatic heterocycles. The lowest BCUT2D eigenvalue weighted by Gasteiger charge is -2.02. The van der Waals surface area contributed by atoms with Gasteiger partial charge in [0, 0.05) is 4.88 Å². The molecular formula is C14H15N5O2S3. The number of rotatable bonds is 5. The molecule has 10 heteroatoms. The molecule has 0 fully saturated rings. The lowest BCUT2D eigenvalue weighted by Crippen LogP contribution is -2.15. The van der Waals surface area contributed by atoms with Crippen molar-refractivity contribution < 1.29 is 4.79 Å². The average molecular weight is 382 g/mol. The minimum Gasteiger partial charge on any atom is -0.309 e. The summed E-state index contributed by atoms with van der Waals surface area (Å²) in [5.41, 5.74) is 0.862. The van der Waals surface area contributed by atoms with Crippen molar-refractivity contribution in [3.8, 4) is 0 Å². The van der Waals surface area contributed by atoms with E-state index in [9.17, 15) is 9.59 Å². The number of nitrogens with zero attached hydrogens (tertiary/aromatic N) is 3. The largest absolute Gasteiger partial charge is 0.309 e. The first kappa shape index (κ1) is 17.1. The van der Waals surface area contributed by atoms with E-state index in [1.54, 1.807) is 0 Å². The van der Waals surface area contributed by atoms with Crippen LogP contribution in [0.25, 0.3) is 10.2 Å². The van der Waals surface area contributed by atoms with Gasteiger partial charge in [0.15, 0.2) is 0 Å². The fourth-order valence-corrected chi connectivity index (χ4v) is 4.46. The van der Waals surface area contributed by atoms with Crippen LogP contribution in [0, 0.1) is 20.8 Å². The number of anilines is 1. The topological polar surface area (TPSA) is 101 Å². The number of aromatic nitrogens is 4. The smallest absolute Gasteiger partial charge is 0.259 e. The zero-order chi connectivity index (χ0) is 17.3. The van der Waals surface area contributed by atoms with E-state index in [1.165, 1.54) is 34.4 Å². The van der Waals surface area contributed by atoms with Crippen LogP contribution in [0.1, 0.15) is 21.3 Å². The fourth-order valence-electron chi connectivity index (χ4n) is 2.11. The van der Waals surface area contributed by atoms with Gasteiger partial charge in [0.05, 0.1) is 16.9 Å². The summed E-state index contributed by atoms with van der Waals surface area (Å²) >= 11 is 4.23. The van der Waals surface area contributed by atoms with Gasteiger partial charge in [-0.25, -0.2) is 4.98 Å². The van der Waals surface area contributed by atoms with Crippen molar-refractivity contribution in [1.82, 2.24) is 20.2 Å². The molecule has 0 spiro atoms. The molecule has 2 N–H and O–H groups in total. The Morgan fingerprint density at radius 1 is 1.25 bits per heavy atom. The predicted octanol–water partition coefficient (Wildman–Crippen LogP) is 2.63. The molecule has 7 nitrogen and oxygen atoms in total. The highest BCUT2D eigenvalue weighted by Crippen LogP contribution is 2.26. The summed E-state index contributed by atoms with van der Waals surface area (Å²) in [5, 5.41) is 12.3. The van der Waals surface area contributed by atoms with Crippen LogP contribution < -0.4 is 10.9 Å². The quantitative estimate of drug-likeness (QED) is 0.705. The number of nitrogens with one attached hydrogen (secondary N) is 2. The van der Waals surface area contributed by atoms with E-state index in [0.29, 0.717) is 22.1 Å². The summed E-state index contributed by atoms with van der Waals surface area (Å²) in [6.07, 6.45) is 0. The molecule has 0 aliphatic carbocycles. The molecule has 0 aromatic carbocycles. The molecule has 3 heterocycles. The number of hydrogen-bond donors (Lipinski definition) is 2. The summed E-state index contributed by atoms with van der Waals surface area (Å²) in [4.78, 5) is 33.2. The van der Waals surface area contributed by atoms with Crippen LogP contribution in [-0.4, -0.2) is 31.8 Å². The van der Waals surface area contributed by atoms with Gasteiger partial charge >= 0.3 is 0 Å². The highest BCUT2D eigenvalue weighted by atomic mass is 32.2. The Labute approximate surface area is 149 Å². The van der Waals surface area contributed by atoms with Crippen LogP contribution in [-0.2, 0) is 10.5 Å². The summed E-state index contributed by atoms with van der Waals surface area (Å²) < 4.78 is 0. The highest BCUT2D eigenvalue weighted by Gasteiger charge is 2.12. The molecule has 126 valence electrons. The van der Waals surface area contributed by atoms with Crippen LogP contribution in [0.15, 0.2) is 4.79 Å². The van der Waals surface area contributed by atoms with E-state index in [1.807, 2.05) is 20.8 Å². The number of fused-ring (bicyclic) bond motifs is 1. The Hall–Kier alpha value is -1.78. The number of carbonyl (C=O) groups excluding carboxylic acids is 1. The summed E-state index contributed by atoms with van der Waals surface area (Å²) in [5.74, 6) is 1.15. The maximum Gasteiger partial charge on any atom is 0.259 e. The molecular weight excluding hydrogens is 366 g/mol. The maximum atomic E-state index is 12.2. The first-order valence-corrected chi connectivity index (χ1v) is 9.89. The van der Waals surface area contributed by atoms with Gasteiger partial charge in [-0.05, 0) is 26.3 Å². The van der Waals surface area contributed by atoms with E-state index in [0.717, 1.165) is 20.3 Å². The second-order valence-corrected chi connectivity index (χ2v) is 8.51. The predicted molar refractivity (Wildman–Crippen MR) is 99.2 cm³/mol. The maximum absolute atomic E-state index is 12.2. The number of carbonyl (C=O) groups is 1. The van der Waals surface area contributed by atoms with Crippen molar-refractivity contribution in [3.05, 3.63) is 31.6 Å². The van der Waals surface area contributed by atoms with Gasteiger partial charge in [0.1, 0.15) is 15.7 Å². The van der Waals surface area contributed by atoms with E-state index < -0.39 is 0 Å². The minimum absolute atomic E-state index is 0.119. The number of H-pyrrole nitrogens is 1. The lowest BCUT2D eigenvalue weighted by atomic mass is 10.2. The molecule has 0 saturated carbocycles. The molecule has 0 aliphatic rings. The molecule has 3 aromatic rings. The Kier molecular flexibility index (Phi) is 4.97. The van der Waals surface area contributed by atoms with Crippen molar-refractivity contribution in [3.63, 3.8) is 0 Å². The lowest BCUT2D eigenvalue weighted by molar-refractivity contribution is -0.113. The number of aryl methyl sites for hydroxylation is 3. The van der Waals surface area contributed by atoms with Crippen LogP contribution in [0.3, 0.4) is 0 Å². The molecule has 0 radical (unpaired) electrons. The van der Waals surface area contributed by atoms with Gasteiger partial charge in [-0.15, -0.1) is 33.3 Å². The first-order valence-electron chi connectivity index (χ1n) is 7.10. The Balaban J connectivity index is 1.61. The van der Waals surface area contributed by atoms with Crippen molar-refractivity contribution in [1.29, 1.82) is 0 Å². The minimum atomic E-state index is -0.151. The van der Waals surface area contributed by atoms with Gasteiger partial charge in [0.2, 0.25) is 11.0 Å². The van der Waals surface area contributed by atoms with E-state index in [4.69, 9.17) is 0 Å². The number of aromatic amines is 1. The molecule has 0 aliphatic heterocycles. The van der Waals surface area contributed by atoms with Gasteiger partial charge in [0.25, 0.3) is 5.56 Å². The third-order valence-corrected chi connectivity index (χ3v) is 6.13. The number of thiophene rings is 1. The molecule has 3 rings (SSSR count). The number of thioether (sulfide) groups is 1. The van der Waals surface area contributed by atoms with Crippen LogP contribution >= 0.6 is 34.4 Å². The second-order valence-electron chi connectivity index (χ2n) is 5.14. The SMILES string of the molecule is Cc1nnc(NC(=O)CSCc2nc3sc(C)c(C)c3c(=O)[nH]2)s1. The Morgan fingerprint density at radius 3 is 2.75 bits per heavy atom. The third kappa shape index (κ3) is 3.65. The van der Waals surface area contributed by atoms with Crippen molar-refractivity contribution in [2.75, 3.05) is 11.1 Å². The highest BCUT2D eigenvalue weighted by molar-refractivity contribution is 7.99. The normalized spacial score (nSPS) is 11.1. The van der Waals surface area contributed by atoms with Gasteiger partial charge in [-0.1, -0.05) is 11.3 Å². The fraction of sp³-hybridized carbons (Fsp3) is 0.357. The summed E-state index contributed by atoms with van der Waals surface area (Å²) in [6.45, 7) is 5.74.